The van der Waals surface area contributed by atoms with Crippen LogP contribution in [0.25, 0.3) is 0 Å². The number of carbonyl (C=O) groups is 1. The average Bonchev–Trinajstić information content (AvgIpc) is 2.88. The van der Waals surface area contributed by atoms with E-state index in [-0.39, 0.29) is 11.3 Å². The van der Waals surface area contributed by atoms with Crippen LogP contribution >= 0.6 is 0 Å². The van der Waals surface area contributed by atoms with Crippen molar-refractivity contribution in [1.29, 1.82) is 0 Å². The van der Waals surface area contributed by atoms with Gasteiger partial charge in [0.2, 0.25) is 5.91 Å². The largest absolute Gasteiger partial charge is 0.344 e. The third kappa shape index (κ3) is 2.57. The van der Waals surface area contributed by atoms with E-state index in [1.807, 2.05) is 11.9 Å². The first-order chi connectivity index (χ1) is 7.50. The monoisotopic (exact) mass is 224 g/mol. The molecule has 1 aliphatic carbocycles. The Labute approximate surface area is 98.6 Å². The molecule has 2 atom stereocenters. The highest BCUT2D eigenvalue weighted by atomic mass is 16.2. The summed E-state index contributed by atoms with van der Waals surface area (Å²) in [6.07, 6.45) is 4.86. The van der Waals surface area contributed by atoms with Gasteiger partial charge in [-0.15, -0.1) is 0 Å². The van der Waals surface area contributed by atoms with Gasteiger partial charge in [0.15, 0.2) is 0 Å². The predicted octanol–water partition coefficient (Wildman–Crippen LogP) is 1.63. The van der Waals surface area contributed by atoms with Crippen molar-refractivity contribution in [2.24, 2.45) is 11.3 Å². The summed E-state index contributed by atoms with van der Waals surface area (Å²) in [6, 6.07) is 0.518. The van der Waals surface area contributed by atoms with Crippen LogP contribution in [0.2, 0.25) is 0 Å². The smallest absolute Gasteiger partial charge is 0.226 e. The van der Waals surface area contributed by atoms with Crippen molar-refractivity contribution >= 4 is 5.91 Å². The van der Waals surface area contributed by atoms with Gasteiger partial charge in [-0.05, 0) is 31.2 Å². The summed E-state index contributed by atoms with van der Waals surface area (Å²) in [5.41, 5.74) is 0.255. The first kappa shape index (κ1) is 11.9. The Morgan fingerprint density at radius 2 is 2.12 bits per heavy atom. The lowest BCUT2D eigenvalue weighted by Gasteiger charge is -2.28. The summed E-state index contributed by atoms with van der Waals surface area (Å²) in [5, 5.41) is 3.49. The van der Waals surface area contributed by atoms with E-state index < -0.39 is 0 Å². The molecule has 1 aliphatic heterocycles. The maximum Gasteiger partial charge on any atom is 0.226 e. The van der Waals surface area contributed by atoms with Crippen molar-refractivity contribution < 1.29 is 4.79 Å². The van der Waals surface area contributed by atoms with Gasteiger partial charge in [0.25, 0.3) is 0 Å². The maximum absolute atomic E-state index is 12.1. The molecule has 1 saturated carbocycles. The molecule has 0 aromatic heterocycles. The zero-order chi connectivity index (χ0) is 11.8. The summed E-state index contributed by atoms with van der Waals surface area (Å²) in [5.74, 6) is 0.624. The highest BCUT2D eigenvalue weighted by Crippen LogP contribution is 2.52. The number of carbonyl (C=O) groups excluding carboxylic acids is 1. The molecule has 1 N–H and O–H groups in total. The van der Waals surface area contributed by atoms with E-state index in [9.17, 15) is 4.79 Å². The van der Waals surface area contributed by atoms with E-state index in [1.54, 1.807) is 0 Å². The number of hydrogen-bond acceptors (Lipinski definition) is 2. The quantitative estimate of drug-likeness (QED) is 0.790. The van der Waals surface area contributed by atoms with Crippen molar-refractivity contribution in [2.75, 3.05) is 20.1 Å². The van der Waals surface area contributed by atoms with Crippen LogP contribution in [0.1, 0.15) is 39.5 Å². The number of nitrogens with zero attached hydrogens (tertiary/aromatic N) is 1. The van der Waals surface area contributed by atoms with Crippen LogP contribution in [0, 0.1) is 11.3 Å². The minimum Gasteiger partial charge on any atom is -0.344 e. The molecule has 2 unspecified atom stereocenters. The Morgan fingerprint density at radius 3 is 2.62 bits per heavy atom. The lowest BCUT2D eigenvalue weighted by molar-refractivity contribution is -0.132. The van der Waals surface area contributed by atoms with E-state index in [4.69, 9.17) is 0 Å². The molecule has 92 valence electrons. The van der Waals surface area contributed by atoms with Gasteiger partial charge in [0.1, 0.15) is 0 Å². The molecule has 0 bridgehead atoms. The molecule has 1 heterocycles. The second-order valence-corrected chi connectivity index (χ2v) is 6.11. The second-order valence-electron chi connectivity index (χ2n) is 6.11. The van der Waals surface area contributed by atoms with E-state index in [1.165, 1.54) is 19.3 Å². The first-order valence-electron chi connectivity index (χ1n) is 6.49. The van der Waals surface area contributed by atoms with Gasteiger partial charge in [0, 0.05) is 25.6 Å². The molecule has 0 aromatic carbocycles. The van der Waals surface area contributed by atoms with Gasteiger partial charge in [0.05, 0.1) is 0 Å². The Hall–Kier alpha value is -0.570. The predicted molar refractivity (Wildman–Crippen MR) is 65.2 cm³/mol. The molecule has 0 radical (unpaired) electrons. The summed E-state index contributed by atoms with van der Waals surface area (Å²) in [7, 11) is 1.95. The van der Waals surface area contributed by atoms with Crippen LogP contribution in [-0.2, 0) is 4.79 Å². The van der Waals surface area contributed by atoms with Crippen LogP contribution in [-0.4, -0.2) is 37.0 Å². The van der Waals surface area contributed by atoms with Crippen LogP contribution in [0.15, 0.2) is 0 Å². The molecular weight excluding hydrogens is 200 g/mol. The van der Waals surface area contributed by atoms with Gasteiger partial charge >= 0.3 is 0 Å². The van der Waals surface area contributed by atoms with Crippen LogP contribution in [0.5, 0.6) is 0 Å². The molecule has 3 heteroatoms. The number of piperidine rings is 1. The molecule has 2 fully saturated rings. The second kappa shape index (κ2) is 4.36. The first-order valence-corrected chi connectivity index (χ1v) is 6.49. The van der Waals surface area contributed by atoms with E-state index in [0.29, 0.717) is 11.9 Å². The summed E-state index contributed by atoms with van der Waals surface area (Å²) < 4.78 is 0. The normalized spacial score (nSPS) is 32.2. The maximum atomic E-state index is 12.1. The van der Waals surface area contributed by atoms with E-state index >= 15 is 0 Å². The van der Waals surface area contributed by atoms with Crippen molar-refractivity contribution in [3.05, 3.63) is 0 Å². The molecular formula is C13H24N2O. The number of likely N-dealkylation sites (N-methyl/N-ethyl adjacent to an activating group) is 1. The minimum atomic E-state index is 0.255. The van der Waals surface area contributed by atoms with Crippen LogP contribution in [0.3, 0.4) is 0 Å². The van der Waals surface area contributed by atoms with Crippen LogP contribution < -0.4 is 5.32 Å². The molecule has 1 saturated heterocycles. The Kier molecular flexibility index (Phi) is 3.24. The van der Waals surface area contributed by atoms with Gasteiger partial charge in [-0.25, -0.2) is 0 Å². The van der Waals surface area contributed by atoms with Crippen molar-refractivity contribution in [1.82, 2.24) is 10.2 Å². The zero-order valence-electron chi connectivity index (χ0n) is 10.8. The van der Waals surface area contributed by atoms with Gasteiger partial charge < -0.3 is 10.2 Å². The molecule has 3 nitrogen and oxygen atoms in total. The molecule has 16 heavy (non-hydrogen) atoms. The van der Waals surface area contributed by atoms with Gasteiger partial charge in [-0.1, -0.05) is 20.3 Å². The average molecular weight is 224 g/mol. The number of nitrogens with one attached hydrogen (secondary N) is 1. The Bertz CT molecular complexity index is 269. The number of rotatable bonds is 3. The third-order valence-corrected chi connectivity index (χ3v) is 4.09. The fourth-order valence-corrected chi connectivity index (χ4v) is 2.66. The number of amides is 1. The summed E-state index contributed by atoms with van der Waals surface area (Å²) >= 11 is 0. The fraction of sp³-hybridized carbons (Fsp3) is 0.923. The molecule has 2 rings (SSSR count). The topological polar surface area (TPSA) is 32.3 Å². The lowest BCUT2D eigenvalue weighted by Crippen LogP contribution is -2.44. The van der Waals surface area contributed by atoms with E-state index in [2.05, 4.69) is 19.2 Å². The van der Waals surface area contributed by atoms with Crippen molar-refractivity contribution in [3.8, 4) is 0 Å². The molecule has 2 aliphatic rings. The summed E-state index contributed by atoms with van der Waals surface area (Å²) in [4.78, 5) is 14.0. The molecule has 0 spiro atoms. The zero-order valence-corrected chi connectivity index (χ0v) is 10.8. The van der Waals surface area contributed by atoms with E-state index in [0.717, 1.165) is 19.5 Å². The van der Waals surface area contributed by atoms with Gasteiger partial charge in [-0.3, -0.25) is 4.79 Å². The highest BCUT2D eigenvalue weighted by molar-refractivity contribution is 5.82. The van der Waals surface area contributed by atoms with Crippen LogP contribution in [0.4, 0.5) is 0 Å². The molecule has 0 aromatic rings. The Balaban J connectivity index is 1.79. The third-order valence-electron chi connectivity index (χ3n) is 4.09. The molecule has 1 amide bonds. The fourth-order valence-electron chi connectivity index (χ4n) is 2.66. The standard InChI is InChI=1S/C13H24N2O/c1-13(2)8-11(13)12(16)15(3)9-10-6-4-5-7-14-10/h10-11,14H,4-9H2,1-3H3. The number of hydrogen-bond donors (Lipinski definition) is 1. The van der Waals surface area contributed by atoms with Crippen molar-refractivity contribution in [2.45, 2.75) is 45.6 Å². The Morgan fingerprint density at radius 1 is 1.44 bits per heavy atom. The minimum absolute atomic E-state index is 0.255. The summed E-state index contributed by atoms with van der Waals surface area (Å²) in [6.45, 7) is 6.36. The lowest BCUT2D eigenvalue weighted by atomic mass is 10.0. The SMILES string of the molecule is CN(CC1CCCCN1)C(=O)C1CC1(C)C. The van der Waals surface area contributed by atoms with Crippen molar-refractivity contribution in [3.63, 3.8) is 0 Å². The van der Waals surface area contributed by atoms with Gasteiger partial charge in [-0.2, -0.15) is 0 Å². The highest BCUT2D eigenvalue weighted by Gasteiger charge is 2.51.